The fourth-order valence-corrected chi connectivity index (χ4v) is 4.58. The van der Waals surface area contributed by atoms with E-state index in [9.17, 15) is 0 Å². The van der Waals surface area contributed by atoms with Crippen LogP contribution in [0.5, 0.6) is 0 Å². The molecule has 0 fully saturated rings. The van der Waals surface area contributed by atoms with Crippen molar-refractivity contribution in [3.63, 3.8) is 0 Å². The Kier molecular flexibility index (Phi) is 6.26. The summed E-state index contributed by atoms with van der Waals surface area (Å²) in [6, 6.07) is 20.3. The molecule has 0 aromatic heterocycles. The monoisotopic (exact) mass is 317 g/mol. The van der Waals surface area contributed by atoms with Gasteiger partial charge in [0.05, 0.1) is 13.2 Å². The van der Waals surface area contributed by atoms with Gasteiger partial charge in [0, 0.05) is 5.69 Å². The Labute approximate surface area is 133 Å². The molecule has 0 aliphatic rings. The van der Waals surface area contributed by atoms with E-state index in [0.29, 0.717) is 13.2 Å². The third kappa shape index (κ3) is 4.23. The molecule has 2 aromatic rings. The van der Waals surface area contributed by atoms with E-state index in [1.54, 1.807) is 0 Å². The molecule has 118 valence electrons. The first kappa shape index (κ1) is 16.8. The number of benzene rings is 2. The Bertz CT molecular complexity index is 591. The van der Waals surface area contributed by atoms with Gasteiger partial charge in [-0.2, -0.15) is 0 Å². The van der Waals surface area contributed by atoms with E-state index in [4.69, 9.17) is 9.05 Å². The predicted octanol–water partition coefficient (Wildman–Crippen LogP) is 5.15. The largest absolute Gasteiger partial charge is 0.371 e. The van der Waals surface area contributed by atoms with E-state index < -0.39 is 7.34 Å². The van der Waals surface area contributed by atoms with E-state index in [0.717, 1.165) is 11.3 Å². The van der Waals surface area contributed by atoms with Gasteiger partial charge in [-0.05, 0) is 37.8 Å². The third-order valence-corrected chi connectivity index (χ3v) is 5.89. The zero-order chi connectivity index (χ0) is 15.8. The molecular weight excluding hydrogens is 293 g/mol. The van der Waals surface area contributed by atoms with E-state index in [1.165, 1.54) is 0 Å². The number of anilines is 1. The van der Waals surface area contributed by atoms with Crippen LogP contribution < -0.4 is 5.32 Å². The first-order valence-electron chi connectivity index (χ1n) is 7.58. The van der Waals surface area contributed by atoms with Crippen molar-refractivity contribution in [3.8, 4) is 0 Å². The maximum Gasteiger partial charge on any atom is 0.143 e. The van der Waals surface area contributed by atoms with Gasteiger partial charge >= 0.3 is 0 Å². The van der Waals surface area contributed by atoms with Crippen molar-refractivity contribution in [2.75, 3.05) is 18.5 Å². The molecule has 0 aliphatic carbocycles. The lowest BCUT2D eigenvalue weighted by molar-refractivity contribution is 0.260. The quantitative estimate of drug-likeness (QED) is 0.683. The molecule has 2 aromatic carbocycles. The van der Waals surface area contributed by atoms with Crippen molar-refractivity contribution in [1.29, 1.82) is 0 Å². The second-order valence-electron chi connectivity index (χ2n) is 4.89. The Morgan fingerprint density at radius 1 is 0.909 bits per heavy atom. The number of nitrogens with one attached hydrogen (secondary N) is 1. The maximum absolute atomic E-state index is 5.97. The summed E-state index contributed by atoms with van der Waals surface area (Å²) in [6.45, 7) is 5.11. The van der Waals surface area contributed by atoms with Gasteiger partial charge in [-0.3, -0.25) is 0 Å². The molecule has 0 saturated heterocycles. The van der Waals surface area contributed by atoms with E-state index in [2.05, 4.69) is 23.7 Å². The summed E-state index contributed by atoms with van der Waals surface area (Å²) >= 11 is 0. The van der Waals surface area contributed by atoms with Crippen molar-refractivity contribution in [3.05, 3.63) is 66.2 Å². The van der Waals surface area contributed by atoms with Crippen LogP contribution in [0.15, 0.2) is 60.7 Å². The van der Waals surface area contributed by atoms with Crippen LogP contribution in [0.3, 0.4) is 0 Å². The van der Waals surface area contributed by atoms with Gasteiger partial charge in [0.15, 0.2) is 0 Å². The van der Waals surface area contributed by atoms with Crippen LogP contribution in [0.4, 0.5) is 5.69 Å². The maximum atomic E-state index is 5.97. The first-order valence-corrected chi connectivity index (χ1v) is 9.46. The van der Waals surface area contributed by atoms with Gasteiger partial charge in [0.25, 0.3) is 0 Å². The Hall–Kier alpha value is -1.54. The second kappa shape index (κ2) is 8.19. The molecule has 0 saturated carbocycles. The Balaban J connectivity index is 2.38. The minimum absolute atomic E-state index is 0.101. The molecule has 0 aliphatic heterocycles. The molecule has 0 amide bonds. The lowest BCUT2D eigenvalue weighted by Crippen LogP contribution is -2.15. The fourth-order valence-electron chi connectivity index (χ4n) is 2.36. The second-order valence-corrected chi connectivity index (χ2v) is 7.37. The van der Waals surface area contributed by atoms with Crippen molar-refractivity contribution in [1.82, 2.24) is 0 Å². The van der Waals surface area contributed by atoms with E-state index >= 15 is 0 Å². The van der Waals surface area contributed by atoms with Crippen LogP contribution >= 0.6 is 7.34 Å². The standard InChI is InChI=1S/C18H24NO2P/c1-4-20-22(3,21-5-2)18(16-12-8-6-9-13-16)19-17-14-10-7-11-15-17/h6-15,18-19H,3-5H2,1-2H3. The van der Waals surface area contributed by atoms with Gasteiger partial charge in [0.2, 0.25) is 0 Å². The molecule has 4 heteroatoms. The lowest BCUT2D eigenvalue weighted by atomic mass is 10.2. The average molecular weight is 317 g/mol. The summed E-state index contributed by atoms with van der Waals surface area (Å²) in [5, 5.41) is 3.54. The predicted molar refractivity (Wildman–Crippen MR) is 96.5 cm³/mol. The number of hydrogen-bond acceptors (Lipinski definition) is 3. The SMILES string of the molecule is C=P(OCC)(OCC)C(Nc1ccccc1)c1ccccc1. The highest BCUT2D eigenvalue weighted by Gasteiger charge is 2.29. The molecule has 3 nitrogen and oxygen atoms in total. The summed E-state index contributed by atoms with van der Waals surface area (Å²) in [7, 11) is -2.33. The minimum Gasteiger partial charge on any atom is -0.371 e. The van der Waals surface area contributed by atoms with Crippen LogP contribution in [-0.4, -0.2) is 19.5 Å². The molecule has 2 rings (SSSR count). The summed E-state index contributed by atoms with van der Waals surface area (Å²) in [5.74, 6) is -0.101. The fraction of sp³-hybridized carbons (Fsp3) is 0.278. The zero-order valence-electron chi connectivity index (χ0n) is 13.2. The topological polar surface area (TPSA) is 30.5 Å². The Morgan fingerprint density at radius 3 is 1.91 bits per heavy atom. The van der Waals surface area contributed by atoms with Gasteiger partial charge in [-0.15, -0.1) is 0 Å². The normalized spacial score (nSPS) is 12.8. The van der Waals surface area contributed by atoms with Crippen LogP contribution in [0.1, 0.15) is 25.2 Å². The number of rotatable bonds is 8. The molecule has 0 radical (unpaired) electrons. The average Bonchev–Trinajstić information content (AvgIpc) is 2.55. The minimum atomic E-state index is -2.33. The van der Waals surface area contributed by atoms with E-state index in [-0.39, 0.29) is 5.78 Å². The molecule has 22 heavy (non-hydrogen) atoms. The van der Waals surface area contributed by atoms with Crippen molar-refractivity contribution >= 4 is 19.3 Å². The zero-order valence-corrected chi connectivity index (χ0v) is 14.1. The summed E-state index contributed by atoms with van der Waals surface area (Å²) in [5.41, 5.74) is 2.15. The molecule has 1 N–H and O–H groups in total. The molecular formula is C18H24NO2P. The van der Waals surface area contributed by atoms with Crippen molar-refractivity contribution < 1.29 is 9.05 Å². The highest BCUT2D eigenvalue weighted by atomic mass is 31.2. The lowest BCUT2D eigenvalue weighted by Gasteiger charge is -2.33. The summed E-state index contributed by atoms with van der Waals surface area (Å²) in [6.07, 6.45) is 4.33. The van der Waals surface area contributed by atoms with Crippen LogP contribution in [-0.2, 0) is 9.05 Å². The van der Waals surface area contributed by atoms with Crippen molar-refractivity contribution in [2.45, 2.75) is 19.6 Å². The third-order valence-electron chi connectivity index (χ3n) is 3.28. The number of hydrogen-bond donors (Lipinski definition) is 1. The van der Waals surface area contributed by atoms with Crippen LogP contribution in [0, 0.1) is 0 Å². The highest BCUT2D eigenvalue weighted by molar-refractivity contribution is 7.64. The van der Waals surface area contributed by atoms with Gasteiger partial charge in [-0.25, -0.2) is 0 Å². The van der Waals surface area contributed by atoms with Gasteiger partial charge in [0.1, 0.15) is 13.1 Å². The summed E-state index contributed by atoms with van der Waals surface area (Å²) < 4.78 is 11.9. The van der Waals surface area contributed by atoms with Crippen LogP contribution in [0.25, 0.3) is 0 Å². The summed E-state index contributed by atoms with van der Waals surface area (Å²) in [4.78, 5) is 0. The molecule has 1 atom stereocenters. The molecule has 1 unspecified atom stereocenters. The Morgan fingerprint density at radius 2 is 1.41 bits per heavy atom. The smallest absolute Gasteiger partial charge is 0.143 e. The van der Waals surface area contributed by atoms with Gasteiger partial charge < -0.3 is 14.4 Å². The first-order chi connectivity index (χ1) is 10.7. The molecule has 0 spiro atoms. The highest BCUT2D eigenvalue weighted by Crippen LogP contribution is 2.60. The number of para-hydroxylation sites is 1. The molecule has 0 heterocycles. The van der Waals surface area contributed by atoms with Gasteiger partial charge in [-0.1, -0.05) is 48.5 Å². The van der Waals surface area contributed by atoms with Crippen molar-refractivity contribution in [2.24, 2.45) is 0 Å². The van der Waals surface area contributed by atoms with Crippen LogP contribution in [0.2, 0.25) is 0 Å². The van der Waals surface area contributed by atoms with E-state index in [1.807, 2.05) is 62.4 Å². The molecule has 0 bridgehead atoms.